The summed E-state index contributed by atoms with van der Waals surface area (Å²) in [4.78, 5) is 40.4. The van der Waals surface area contributed by atoms with Crippen molar-refractivity contribution in [3.8, 4) is 11.5 Å². The summed E-state index contributed by atoms with van der Waals surface area (Å²) in [5.74, 6) is -2.49. The largest absolute Gasteiger partial charge is 0.507 e. The number of methoxy groups -OCH3 is 1. The Kier molecular flexibility index (Phi) is 6.69. The van der Waals surface area contributed by atoms with Crippen molar-refractivity contribution in [1.82, 2.24) is 9.80 Å². The molecule has 1 aliphatic rings. The van der Waals surface area contributed by atoms with Gasteiger partial charge in [-0.15, -0.1) is 0 Å². The van der Waals surface area contributed by atoms with Crippen molar-refractivity contribution < 1.29 is 29.3 Å². The zero-order valence-electron chi connectivity index (χ0n) is 18.3. The number of aromatic hydroxyl groups is 2. The quantitative estimate of drug-likeness (QED) is 0.604. The van der Waals surface area contributed by atoms with Crippen molar-refractivity contribution in [3.05, 3.63) is 58.1 Å². The Labute approximate surface area is 186 Å². The van der Waals surface area contributed by atoms with Crippen molar-refractivity contribution in [2.75, 3.05) is 20.7 Å². The van der Waals surface area contributed by atoms with Crippen molar-refractivity contribution in [1.29, 1.82) is 0 Å². The van der Waals surface area contributed by atoms with E-state index in [2.05, 4.69) is 0 Å². The minimum absolute atomic E-state index is 0.0774. The highest BCUT2D eigenvalue weighted by molar-refractivity contribution is 6.03. The fourth-order valence-corrected chi connectivity index (χ4v) is 3.78. The van der Waals surface area contributed by atoms with Crippen molar-refractivity contribution in [3.63, 3.8) is 0 Å². The molecular weight excluding hydrogens is 414 g/mol. The molecule has 0 fully saturated rings. The van der Waals surface area contributed by atoms with Crippen molar-refractivity contribution in [2.45, 2.75) is 32.5 Å². The molecule has 0 spiro atoms. The maximum atomic E-state index is 13.3. The van der Waals surface area contributed by atoms with Crippen LogP contribution in [0.5, 0.6) is 11.5 Å². The van der Waals surface area contributed by atoms with Crippen LogP contribution in [-0.2, 0) is 11.3 Å². The van der Waals surface area contributed by atoms with Crippen LogP contribution in [0.1, 0.15) is 68.2 Å². The number of ether oxygens (including phenoxy) is 1. The van der Waals surface area contributed by atoms with Crippen LogP contribution in [0.15, 0.2) is 30.3 Å². The van der Waals surface area contributed by atoms with Gasteiger partial charge in [-0.3, -0.25) is 14.4 Å². The van der Waals surface area contributed by atoms with E-state index in [0.29, 0.717) is 23.2 Å². The Morgan fingerprint density at radius 1 is 1.16 bits per heavy atom. The molecule has 0 bridgehead atoms. The summed E-state index contributed by atoms with van der Waals surface area (Å²) in [6, 6.07) is 7.02. The van der Waals surface area contributed by atoms with E-state index >= 15 is 0 Å². The van der Waals surface area contributed by atoms with Crippen LogP contribution in [0.25, 0.3) is 0 Å². The molecule has 1 unspecified atom stereocenters. The van der Waals surface area contributed by atoms with Crippen LogP contribution in [0.4, 0.5) is 0 Å². The summed E-state index contributed by atoms with van der Waals surface area (Å²) in [7, 11) is 3.05. The fraction of sp³-hybridized carbons (Fsp3) is 0.348. The highest BCUT2D eigenvalue weighted by Crippen LogP contribution is 2.38. The Hall–Kier alpha value is -3.59. The predicted octanol–water partition coefficient (Wildman–Crippen LogP) is 2.37. The van der Waals surface area contributed by atoms with Crippen LogP contribution in [-0.4, -0.2) is 58.4 Å². The van der Waals surface area contributed by atoms with Crippen LogP contribution < -0.4 is 5.73 Å². The standard InChI is InChI=1S/C23H27N3O6/c1-4-5-8-25(2)21(30)16-10-17(19(28)11-18(16)27)22(31)26-12-14-9-13(20(24)29)6-7-15(14)23(26)32-3/h6-7,9-11,23,27-28H,4-5,8,12H2,1-3H3,(H2,24,29). The molecule has 9 nitrogen and oxygen atoms in total. The molecule has 0 saturated heterocycles. The van der Waals surface area contributed by atoms with E-state index in [1.807, 2.05) is 6.92 Å². The van der Waals surface area contributed by atoms with Crippen LogP contribution in [0, 0.1) is 0 Å². The van der Waals surface area contributed by atoms with Crippen molar-refractivity contribution >= 4 is 17.7 Å². The lowest BCUT2D eigenvalue weighted by Crippen LogP contribution is -2.31. The third kappa shape index (κ3) is 4.24. The number of unbranched alkanes of at least 4 members (excludes halogenated alkanes) is 1. The predicted molar refractivity (Wildman–Crippen MR) is 116 cm³/mol. The maximum absolute atomic E-state index is 13.3. The summed E-state index contributed by atoms with van der Waals surface area (Å²) in [6.45, 7) is 2.61. The SMILES string of the molecule is CCCCN(C)C(=O)c1cc(C(=O)N2Cc3cc(C(N)=O)ccc3C2OC)c(O)cc1O. The monoisotopic (exact) mass is 441 g/mol. The molecule has 1 aliphatic heterocycles. The van der Waals surface area contributed by atoms with Crippen LogP contribution >= 0.6 is 0 Å². The molecule has 2 aromatic carbocycles. The first-order chi connectivity index (χ1) is 15.2. The number of phenols is 2. The van der Waals surface area contributed by atoms with Gasteiger partial charge in [-0.2, -0.15) is 0 Å². The molecule has 0 aromatic heterocycles. The summed E-state index contributed by atoms with van der Waals surface area (Å²) in [6.07, 6.45) is 0.940. The van der Waals surface area contributed by atoms with Crippen LogP contribution in [0.2, 0.25) is 0 Å². The van der Waals surface area contributed by atoms with E-state index in [1.165, 1.54) is 23.0 Å². The average Bonchev–Trinajstić information content (AvgIpc) is 3.14. The number of amides is 3. The van der Waals surface area contributed by atoms with E-state index in [0.717, 1.165) is 18.9 Å². The molecule has 170 valence electrons. The Morgan fingerprint density at radius 2 is 1.84 bits per heavy atom. The molecule has 0 radical (unpaired) electrons. The highest BCUT2D eigenvalue weighted by atomic mass is 16.5. The van der Waals surface area contributed by atoms with Gasteiger partial charge in [0.1, 0.15) is 11.5 Å². The second kappa shape index (κ2) is 9.27. The lowest BCUT2D eigenvalue weighted by molar-refractivity contribution is -0.0144. The van der Waals surface area contributed by atoms with E-state index in [1.54, 1.807) is 25.2 Å². The Bertz CT molecular complexity index is 1070. The maximum Gasteiger partial charge on any atom is 0.260 e. The van der Waals surface area contributed by atoms with E-state index in [-0.39, 0.29) is 17.7 Å². The van der Waals surface area contributed by atoms with E-state index < -0.39 is 35.4 Å². The van der Waals surface area contributed by atoms with Gasteiger partial charge >= 0.3 is 0 Å². The van der Waals surface area contributed by atoms with Gasteiger partial charge in [0.15, 0.2) is 6.23 Å². The summed E-state index contributed by atoms with van der Waals surface area (Å²) in [5.41, 5.74) is 6.83. The number of phenolic OH excluding ortho intramolecular Hbond substituents is 2. The zero-order chi connectivity index (χ0) is 23.6. The lowest BCUT2D eigenvalue weighted by atomic mass is 10.1. The number of fused-ring (bicyclic) bond motifs is 1. The Morgan fingerprint density at radius 3 is 2.47 bits per heavy atom. The third-order valence-corrected chi connectivity index (χ3v) is 5.57. The van der Waals surface area contributed by atoms with Gasteiger partial charge in [0.25, 0.3) is 11.8 Å². The number of hydrogen-bond donors (Lipinski definition) is 3. The molecule has 4 N–H and O–H groups in total. The topological polar surface area (TPSA) is 133 Å². The first-order valence-electron chi connectivity index (χ1n) is 10.3. The van der Waals surface area contributed by atoms with E-state index in [9.17, 15) is 24.6 Å². The molecule has 2 aromatic rings. The first kappa shape index (κ1) is 23.1. The van der Waals surface area contributed by atoms with Crippen LogP contribution in [0.3, 0.4) is 0 Å². The molecule has 9 heteroatoms. The molecule has 3 amide bonds. The van der Waals surface area contributed by atoms with Gasteiger partial charge in [0.05, 0.1) is 11.1 Å². The van der Waals surface area contributed by atoms with Gasteiger partial charge in [0.2, 0.25) is 5.91 Å². The second-order valence-electron chi connectivity index (χ2n) is 7.77. The average molecular weight is 441 g/mol. The molecule has 0 saturated carbocycles. The molecule has 0 aliphatic carbocycles. The van der Waals surface area contributed by atoms with Gasteiger partial charge in [-0.25, -0.2) is 0 Å². The molecule has 1 heterocycles. The number of carbonyl (C=O) groups excluding carboxylic acids is 3. The zero-order valence-corrected chi connectivity index (χ0v) is 18.3. The third-order valence-electron chi connectivity index (χ3n) is 5.57. The van der Waals surface area contributed by atoms with E-state index in [4.69, 9.17) is 10.5 Å². The van der Waals surface area contributed by atoms with Gasteiger partial charge in [0, 0.05) is 44.4 Å². The summed E-state index contributed by atoms with van der Waals surface area (Å²) >= 11 is 0. The van der Waals surface area contributed by atoms with Gasteiger partial charge in [-0.1, -0.05) is 19.4 Å². The number of hydrogen-bond acceptors (Lipinski definition) is 6. The Balaban J connectivity index is 1.94. The highest BCUT2D eigenvalue weighted by Gasteiger charge is 2.36. The lowest BCUT2D eigenvalue weighted by Gasteiger charge is -2.25. The number of primary amides is 1. The normalized spacial score (nSPS) is 14.8. The smallest absolute Gasteiger partial charge is 0.260 e. The molecule has 3 rings (SSSR count). The van der Waals surface area contributed by atoms with Crippen molar-refractivity contribution in [2.24, 2.45) is 5.73 Å². The van der Waals surface area contributed by atoms with Gasteiger partial charge < -0.3 is 30.5 Å². The minimum Gasteiger partial charge on any atom is -0.507 e. The fourth-order valence-electron chi connectivity index (χ4n) is 3.78. The second-order valence-corrected chi connectivity index (χ2v) is 7.77. The summed E-state index contributed by atoms with van der Waals surface area (Å²) < 4.78 is 5.50. The number of benzene rings is 2. The molecule has 1 atom stereocenters. The number of nitrogens with two attached hydrogens (primary N) is 1. The van der Waals surface area contributed by atoms with Gasteiger partial charge in [-0.05, 0) is 30.2 Å². The number of nitrogens with zero attached hydrogens (tertiary/aromatic N) is 2. The molecule has 32 heavy (non-hydrogen) atoms. The minimum atomic E-state index is -0.751. The number of carbonyl (C=O) groups is 3. The number of rotatable bonds is 7. The first-order valence-corrected chi connectivity index (χ1v) is 10.3. The summed E-state index contributed by atoms with van der Waals surface area (Å²) in [5, 5.41) is 20.6. The molecular formula is C23H27N3O6.